The van der Waals surface area contributed by atoms with Gasteiger partial charge in [0.05, 0.1) is 44.3 Å². The number of hydrogen-bond donors (Lipinski definition) is 0. The van der Waals surface area contributed by atoms with Crippen molar-refractivity contribution in [3.8, 4) is 28.9 Å². The quantitative estimate of drug-likeness (QED) is 0.141. The van der Waals surface area contributed by atoms with E-state index in [1.165, 1.54) is 0 Å². The predicted octanol–water partition coefficient (Wildman–Crippen LogP) is 6.73. The zero-order chi connectivity index (χ0) is 31.0. The van der Waals surface area contributed by atoms with E-state index >= 15 is 0 Å². The van der Waals surface area contributed by atoms with E-state index < -0.39 is 5.41 Å². The van der Waals surface area contributed by atoms with Crippen LogP contribution < -0.4 is 14.9 Å². The molecule has 0 aliphatic heterocycles. The maximum absolute atomic E-state index is 13.1. The van der Waals surface area contributed by atoms with Crippen LogP contribution in [0.2, 0.25) is 0 Å². The first-order valence-corrected chi connectivity index (χ1v) is 14.8. The van der Waals surface area contributed by atoms with E-state index in [9.17, 15) is 10.1 Å². The third-order valence-electron chi connectivity index (χ3n) is 8.33. The highest BCUT2D eigenvalue weighted by molar-refractivity contribution is 5.85. The van der Waals surface area contributed by atoms with Crippen molar-refractivity contribution in [3.05, 3.63) is 93.6 Å². The Morgan fingerprint density at radius 3 is 2.33 bits per heavy atom. The Morgan fingerprint density at radius 1 is 0.978 bits per heavy atom. The van der Waals surface area contributed by atoms with Crippen LogP contribution in [0.4, 0.5) is 0 Å². The largest absolute Gasteiger partial charge is 0.493 e. The van der Waals surface area contributed by atoms with E-state index in [2.05, 4.69) is 31.9 Å². The van der Waals surface area contributed by atoms with E-state index in [1.807, 2.05) is 67.6 Å². The van der Waals surface area contributed by atoms with Gasteiger partial charge in [0.15, 0.2) is 16.9 Å². The van der Waals surface area contributed by atoms with Gasteiger partial charge in [-0.15, -0.1) is 12.4 Å². The number of ether oxygens (including phenoxy) is 3. The zero-order valence-corrected chi connectivity index (χ0v) is 27.8. The van der Waals surface area contributed by atoms with Crippen LogP contribution in [0.15, 0.2) is 75.9 Å². The molecule has 1 atom stereocenters. The van der Waals surface area contributed by atoms with Gasteiger partial charge < -0.3 is 29.0 Å². The van der Waals surface area contributed by atoms with Crippen LogP contribution in [0.25, 0.3) is 22.3 Å². The van der Waals surface area contributed by atoms with Gasteiger partial charge in [0.2, 0.25) is 0 Å². The first-order valence-electron chi connectivity index (χ1n) is 14.8. The summed E-state index contributed by atoms with van der Waals surface area (Å²) >= 11 is 0. The Bertz CT molecular complexity index is 1630. The van der Waals surface area contributed by atoms with Crippen molar-refractivity contribution in [2.45, 2.75) is 45.6 Å². The molecule has 3 aromatic carbocycles. The van der Waals surface area contributed by atoms with Crippen molar-refractivity contribution in [2.75, 3.05) is 41.0 Å². The van der Waals surface area contributed by atoms with Crippen molar-refractivity contribution >= 4 is 23.4 Å². The molecule has 45 heavy (non-hydrogen) atoms. The summed E-state index contributed by atoms with van der Waals surface area (Å²) in [4.78, 5) is 15.4. The molecule has 2 N–H and O–H groups in total. The van der Waals surface area contributed by atoms with E-state index in [-0.39, 0.29) is 29.2 Å². The average molecular weight is 637 g/mol. The van der Waals surface area contributed by atoms with Crippen LogP contribution in [0.3, 0.4) is 0 Å². The average Bonchev–Trinajstić information content (AvgIpc) is 3.03. The van der Waals surface area contributed by atoms with Crippen molar-refractivity contribution in [3.63, 3.8) is 0 Å². The number of benzene rings is 3. The molecule has 0 bridgehead atoms. The lowest BCUT2D eigenvalue weighted by Gasteiger charge is -2.32. The summed E-state index contributed by atoms with van der Waals surface area (Å²) in [6, 6.07) is 23.7. The number of likely N-dealkylation sites (N-methyl/N-ethyl adjacent to an activating group) is 1. The molecule has 0 radical (unpaired) electrons. The molecule has 1 aromatic heterocycles. The number of fused-ring (bicyclic) bond motifs is 1. The molecule has 0 fully saturated rings. The monoisotopic (exact) mass is 636 g/mol. The summed E-state index contributed by atoms with van der Waals surface area (Å²) < 4.78 is 23.3. The molecular weight excluding hydrogens is 592 g/mol. The molecule has 4 rings (SSSR count). The van der Waals surface area contributed by atoms with E-state index in [0.29, 0.717) is 47.0 Å². The summed E-state index contributed by atoms with van der Waals surface area (Å²) in [7, 11) is 5.29. The fourth-order valence-corrected chi connectivity index (χ4v) is 5.62. The van der Waals surface area contributed by atoms with Gasteiger partial charge in [-0.05, 0) is 63.0 Å². The van der Waals surface area contributed by atoms with E-state index in [4.69, 9.17) is 18.6 Å². The topological polar surface area (TPSA) is 116 Å². The van der Waals surface area contributed by atoms with Crippen molar-refractivity contribution < 1.29 is 24.1 Å². The summed E-state index contributed by atoms with van der Waals surface area (Å²) in [6.45, 7) is 8.43. The minimum atomic E-state index is -0.633. The molecule has 0 aliphatic carbocycles. The highest BCUT2D eigenvalue weighted by Crippen LogP contribution is 2.40. The fourth-order valence-electron chi connectivity index (χ4n) is 5.62. The Hall–Kier alpha value is -3.87. The third-order valence-corrected chi connectivity index (χ3v) is 8.33. The van der Waals surface area contributed by atoms with Gasteiger partial charge in [0.25, 0.3) is 0 Å². The number of nitrogens with zero attached hydrogens (tertiary/aromatic N) is 2. The molecule has 8 nitrogen and oxygen atoms in total. The molecule has 0 amide bonds. The number of para-hydroxylation sites is 1. The lowest BCUT2D eigenvalue weighted by molar-refractivity contribution is 0.0988. The maximum atomic E-state index is 13.1. The Kier molecular flexibility index (Phi) is 14.1. The first-order chi connectivity index (χ1) is 20.7. The molecule has 0 saturated carbocycles. The third kappa shape index (κ3) is 8.24. The number of halogens is 1. The van der Waals surface area contributed by atoms with Crippen LogP contribution in [-0.2, 0) is 16.8 Å². The highest BCUT2D eigenvalue weighted by atomic mass is 35.5. The van der Waals surface area contributed by atoms with Crippen molar-refractivity contribution in [1.29, 1.82) is 5.26 Å². The van der Waals surface area contributed by atoms with Crippen molar-refractivity contribution in [1.82, 2.24) is 4.90 Å². The molecule has 0 aliphatic rings. The molecule has 0 saturated heterocycles. The number of rotatable bonds is 14. The summed E-state index contributed by atoms with van der Waals surface area (Å²) in [6.07, 6.45) is 1.58. The molecule has 1 unspecified atom stereocenters. The first kappa shape index (κ1) is 37.3. The predicted molar refractivity (Wildman–Crippen MR) is 182 cm³/mol. The smallest absolute Gasteiger partial charge is 0.196 e. The summed E-state index contributed by atoms with van der Waals surface area (Å²) in [5.74, 6) is 2.00. The minimum absolute atomic E-state index is 0. The lowest BCUT2D eigenvalue weighted by Crippen LogP contribution is -2.33. The highest BCUT2D eigenvalue weighted by Gasteiger charge is 2.36. The van der Waals surface area contributed by atoms with Gasteiger partial charge >= 0.3 is 0 Å². The van der Waals surface area contributed by atoms with Gasteiger partial charge in [-0.1, -0.05) is 62.4 Å². The molecule has 242 valence electrons. The van der Waals surface area contributed by atoms with Crippen LogP contribution in [0.5, 0.6) is 11.5 Å². The Balaban J connectivity index is 0.00000353. The van der Waals surface area contributed by atoms with Crippen LogP contribution in [-0.4, -0.2) is 51.3 Å². The van der Waals surface area contributed by atoms with Crippen LogP contribution in [0.1, 0.15) is 43.4 Å². The van der Waals surface area contributed by atoms with Gasteiger partial charge in [-0.25, -0.2) is 0 Å². The molecule has 9 heteroatoms. The van der Waals surface area contributed by atoms with Gasteiger partial charge in [-0.3, -0.25) is 4.79 Å². The Morgan fingerprint density at radius 2 is 1.69 bits per heavy atom. The molecule has 1 heterocycles. The molecular formula is C36H45ClN2O6. The number of hydrogen-bond acceptors (Lipinski definition) is 7. The zero-order valence-electron chi connectivity index (χ0n) is 27.0. The normalized spacial score (nSPS) is 12.2. The summed E-state index contributed by atoms with van der Waals surface area (Å²) in [5.41, 5.74) is 3.18. The van der Waals surface area contributed by atoms with Gasteiger partial charge in [-0.2, -0.15) is 5.26 Å². The standard InChI is InChI=1S/C36H42N2O5.ClH.H2O/c1-25(2)36(24-37,29-16-17-31(40-5)32(22-29)41-6)18-11-19-38(4)20-21-42-23-28-14-10-15-30-33(39)26(3)34(43-35(28)30)27-12-8-7-9-13-27;;/h7-10,12-17,22,25H,11,18-21,23H2,1-6H3;1H;1H2. The second kappa shape index (κ2) is 17.0. The second-order valence-corrected chi connectivity index (χ2v) is 11.3. The maximum Gasteiger partial charge on any atom is 0.196 e. The van der Waals surface area contributed by atoms with Crippen LogP contribution in [0, 0.1) is 24.2 Å². The molecule has 0 spiro atoms. The van der Waals surface area contributed by atoms with Gasteiger partial charge in [0, 0.05) is 23.2 Å². The Labute approximate surface area is 272 Å². The number of methoxy groups -OCH3 is 2. The SMILES string of the molecule is COc1ccc(C(C#N)(CCCN(C)CCOCc2cccc3c(=O)c(C)c(-c4ccccc4)oc23)C(C)C)cc1OC.Cl.O. The lowest BCUT2D eigenvalue weighted by atomic mass is 9.69. The van der Waals surface area contributed by atoms with E-state index in [1.54, 1.807) is 20.3 Å². The van der Waals surface area contributed by atoms with E-state index in [0.717, 1.165) is 42.6 Å². The fraction of sp³-hybridized carbons (Fsp3) is 0.389. The second-order valence-electron chi connectivity index (χ2n) is 11.3. The molecule has 4 aromatic rings. The minimum Gasteiger partial charge on any atom is -0.493 e. The van der Waals surface area contributed by atoms with Crippen molar-refractivity contribution in [2.24, 2.45) is 5.92 Å². The number of nitriles is 1. The van der Waals surface area contributed by atoms with Gasteiger partial charge in [0.1, 0.15) is 11.3 Å². The summed E-state index contributed by atoms with van der Waals surface area (Å²) in [5, 5.41) is 10.9. The van der Waals surface area contributed by atoms with Crippen LogP contribution >= 0.6 is 12.4 Å².